The number of halogens is 1. The molecule has 1 fully saturated rings. The van der Waals surface area contributed by atoms with Gasteiger partial charge in [-0.15, -0.1) is 11.3 Å². The number of anilines is 1. The molecule has 1 N–H and O–H groups in total. The summed E-state index contributed by atoms with van der Waals surface area (Å²) in [5, 5.41) is 5.78. The van der Waals surface area contributed by atoms with Gasteiger partial charge in [0.1, 0.15) is 10.7 Å². The fourth-order valence-corrected chi connectivity index (χ4v) is 4.13. The molecule has 1 saturated heterocycles. The summed E-state index contributed by atoms with van der Waals surface area (Å²) in [6.07, 6.45) is 0. The molecule has 0 unspecified atom stereocenters. The molecule has 4 amide bonds. The fraction of sp³-hybridized carbons (Fsp3) is 0.429. The van der Waals surface area contributed by atoms with Crippen LogP contribution in [0.15, 0.2) is 29.6 Å². The van der Waals surface area contributed by atoms with E-state index >= 15 is 0 Å². The van der Waals surface area contributed by atoms with E-state index in [9.17, 15) is 14.4 Å². The Hall–Kier alpha value is -2.69. The fourth-order valence-electron chi connectivity index (χ4n) is 3.22. The summed E-state index contributed by atoms with van der Waals surface area (Å²) in [6.45, 7) is 4.52. The van der Waals surface area contributed by atoms with E-state index in [1.165, 1.54) is 18.3 Å². The Morgan fingerprint density at radius 3 is 2.44 bits per heavy atom. The van der Waals surface area contributed by atoms with Crippen molar-refractivity contribution in [1.82, 2.24) is 19.7 Å². The smallest absolute Gasteiger partial charge is 0.322 e. The van der Waals surface area contributed by atoms with Gasteiger partial charge in [0.2, 0.25) is 5.91 Å². The number of urea groups is 1. The van der Waals surface area contributed by atoms with Crippen LogP contribution in [0.3, 0.4) is 0 Å². The Kier molecular flexibility index (Phi) is 8.43. The number of methoxy groups -OCH3 is 1. The van der Waals surface area contributed by atoms with Gasteiger partial charge in [0.15, 0.2) is 0 Å². The third-order valence-electron chi connectivity index (χ3n) is 5.06. The minimum absolute atomic E-state index is 0.0149. The molecule has 0 saturated carbocycles. The molecule has 2 aromatic rings. The second-order valence-electron chi connectivity index (χ2n) is 7.28. The minimum atomic E-state index is -0.298. The van der Waals surface area contributed by atoms with Crippen molar-refractivity contribution in [2.24, 2.45) is 0 Å². The summed E-state index contributed by atoms with van der Waals surface area (Å²) >= 11 is 7.23. The maximum atomic E-state index is 12.8. The van der Waals surface area contributed by atoms with Gasteiger partial charge in [-0.3, -0.25) is 9.59 Å². The van der Waals surface area contributed by atoms with Gasteiger partial charge in [-0.1, -0.05) is 11.6 Å². The number of rotatable bonds is 7. The summed E-state index contributed by atoms with van der Waals surface area (Å²) in [6, 6.07) is 6.55. The minimum Gasteiger partial charge on any atom is -0.383 e. The number of benzene rings is 1. The highest BCUT2D eigenvalue weighted by Gasteiger charge is 2.25. The lowest BCUT2D eigenvalue weighted by molar-refractivity contribution is -0.130. The van der Waals surface area contributed by atoms with Crippen molar-refractivity contribution in [3.63, 3.8) is 0 Å². The lowest BCUT2D eigenvalue weighted by Crippen LogP contribution is -2.50. The van der Waals surface area contributed by atoms with Crippen molar-refractivity contribution < 1.29 is 19.1 Å². The van der Waals surface area contributed by atoms with E-state index in [1.807, 2.05) is 0 Å². The van der Waals surface area contributed by atoms with Crippen LogP contribution in [0.4, 0.5) is 10.5 Å². The maximum Gasteiger partial charge on any atom is 0.322 e. The largest absolute Gasteiger partial charge is 0.383 e. The molecule has 1 aromatic carbocycles. The van der Waals surface area contributed by atoms with Crippen molar-refractivity contribution in [3.8, 4) is 0 Å². The Bertz CT molecular complexity index is 944. The van der Waals surface area contributed by atoms with Crippen LogP contribution >= 0.6 is 22.9 Å². The summed E-state index contributed by atoms with van der Waals surface area (Å²) in [4.78, 5) is 46.5. The zero-order valence-corrected chi connectivity index (χ0v) is 19.6. The molecule has 0 aliphatic carbocycles. The number of hydrogen-bond donors (Lipinski definition) is 1. The molecule has 0 atom stereocenters. The van der Waals surface area contributed by atoms with Crippen molar-refractivity contribution >= 4 is 46.5 Å². The topological polar surface area (TPSA) is 95.1 Å². The van der Waals surface area contributed by atoms with Crippen molar-refractivity contribution in [1.29, 1.82) is 0 Å². The first kappa shape index (κ1) is 24.0. The molecule has 3 rings (SSSR count). The SMILES string of the molecule is COCCN(Cc1nc(C(=O)N2CCN(C(C)=O)CC2)cs1)C(=O)Nc1ccc(Cl)cc1. The van der Waals surface area contributed by atoms with Gasteiger partial charge >= 0.3 is 6.03 Å². The average molecular weight is 480 g/mol. The Morgan fingerprint density at radius 2 is 1.81 bits per heavy atom. The number of ether oxygens (including phenoxy) is 1. The zero-order chi connectivity index (χ0) is 23.1. The zero-order valence-electron chi connectivity index (χ0n) is 18.0. The molecule has 32 heavy (non-hydrogen) atoms. The molecule has 1 aromatic heterocycles. The second kappa shape index (κ2) is 11.3. The highest BCUT2D eigenvalue weighted by molar-refractivity contribution is 7.09. The van der Waals surface area contributed by atoms with Crippen molar-refractivity contribution in [2.75, 3.05) is 51.8 Å². The van der Waals surface area contributed by atoms with Crippen LogP contribution in [-0.2, 0) is 16.1 Å². The second-order valence-corrected chi connectivity index (χ2v) is 8.66. The lowest BCUT2D eigenvalue weighted by atomic mass is 10.3. The number of hydrogen-bond acceptors (Lipinski definition) is 6. The normalized spacial score (nSPS) is 13.7. The first-order valence-electron chi connectivity index (χ1n) is 10.2. The molecule has 1 aliphatic rings. The van der Waals surface area contributed by atoms with Crippen molar-refractivity contribution in [2.45, 2.75) is 13.5 Å². The van der Waals surface area contributed by atoms with Crippen LogP contribution in [0.1, 0.15) is 22.4 Å². The number of thiazole rings is 1. The predicted octanol–water partition coefficient (Wildman–Crippen LogP) is 2.78. The molecule has 1 aliphatic heterocycles. The Labute approximate surface area is 195 Å². The summed E-state index contributed by atoms with van der Waals surface area (Å²) in [7, 11) is 1.57. The molecule has 0 bridgehead atoms. The van der Waals surface area contributed by atoms with Gasteiger partial charge < -0.3 is 24.8 Å². The standard InChI is InChI=1S/C21H26ClN5O4S/c1-15(28)25-7-9-26(10-8-25)20(29)18-14-32-19(24-18)13-27(11-12-31-2)21(30)23-17-5-3-16(22)4-6-17/h3-6,14H,7-13H2,1-2H3,(H,23,30). The highest BCUT2D eigenvalue weighted by atomic mass is 35.5. The number of amides is 4. The van der Waals surface area contributed by atoms with Gasteiger partial charge in [-0.25, -0.2) is 9.78 Å². The predicted molar refractivity (Wildman–Crippen MR) is 123 cm³/mol. The van der Waals surface area contributed by atoms with Gasteiger partial charge in [-0.05, 0) is 24.3 Å². The van der Waals surface area contributed by atoms with Crippen LogP contribution in [0.2, 0.25) is 5.02 Å². The molecule has 0 radical (unpaired) electrons. The van der Waals surface area contributed by atoms with Crippen molar-refractivity contribution in [3.05, 3.63) is 45.4 Å². The van der Waals surface area contributed by atoms with Crippen LogP contribution in [0.25, 0.3) is 0 Å². The third-order valence-corrected chi connectivity index (χ3v) is 6.14. The van der Waals surface area contributed by atoms with E-state index in [-0.39, 0.29) is 24.4 Å². The van der Waals surface area contributed by atoms with E-state index < -0.39 is 0 Å². The number of aromatic nitrogens is 1. The molecule has 2 heterocycles. The summed E-state index contributed by atoms with van der Waals surface area (Å²) in [5.41, 5.74) is 0.979. The molecule has 9 nitrogen and oxygen atoms in total. The molecule has 11 heteroatoms. The Morgan fingerprint density at radius 1 is 1.16 bits per heavy atom. The number of piperazine rings is 1. The number of nitrogens with zero attached hydrogens (tertiary/aromatic N) is 4. The lowest BCUT2D eigenvalue weighted by Gasteiger charge is -2.33. The quantitative estimate of drug-likeness (QED) is 0.658. The summed E-state index contributed by atoms with van der Waals surface area (Å²) in [5.74, 6) is -0.147. The average Bonchev–Trinajstić information content (AvgIpc) is 3.26. The van der Waals surface area contributed by atoms with Crippen LogP contribution < -0.4 is 5.32 Å². The van der Waals surface area contributed by atoms with E-state index in [1.54, 1.807) is 51.5 Å². The molecule has 172 valence electrons. The monoisotopic (exact) mass is 479 g/mol. The van der Waals surface area contributed by atoms with Crippen LogP contribution in [-0.4, -0.2) is 84.0 Å². The van der Waals surface area contributed by atoms with Gasteiger partial charge in [0, 0.05) is 62.8 Å². The number of carbonyl (C=O) groups is 3. The molecular weight excluding hydrogens is 454 g/mol. The Balaban J connectivity index is 1.62. The van der Waals surface area contributed by atoms with Crippen LogP contribution in [0, 0.1) is 0 Å². The molecule has 0 spiro atoms. The van der Waals surface area contributed by atoms with E-state index in [0.717, 1.165) is 0 Å². The number of carbonyl (C=O) groups excluding carboxylic acids is 3. The van der Waals surface area contributed by atoms with Gasteiger partial charge in [-0.2, -0.15) is 0 Å². The molecular formula is C21H26ClN5O4S. The highest BCUT2D eigenvalue weighted by Crippen LogP contribution is 2.18. The first-order chi connectivity index (χ1) is 15.4. The van der Waals surface area contributed by atoms with Gasteiger partial charge in [0.05, 0.1) is 13.2 Å². The first-order valence-corrected chi connectivity index (χ1v) is 11.4. The summed E-state index contributed by atoms with van der Waals surface area (Å²) < 4.78 is 5.13. The van der Waals surface area contributed by atoms with E-state index in [4.69, 9.17) is 16.3 Å². The van der Waals surface area contributed by atoms with Crippen LogP contribution in [0.5, 0.6) is 0 Å². The number of nitrogens with one attached hydrogen (secondary N) is 1. The van der Waals surface area contributed by atoms with Gasteiger partial charge in [0.25, 0.3) is 5.91 Å². The van der Waals surface area contributed by atoms with E-state index in [2.05, 4.69) is 10.3 Å². The maximum absolute atomic E-state index is 12.8. The third kappa shape index (κ3) is 6.41. The van der Waals surface area contributed by atoms with E-state index in [0.29, 0.717) is 60.7 Å².